The summed E-state index contributed by atoms with van der Waals surface area (Å²) >= 11 is 0. The summed E-state index contributed by atoms with van der Waals surface area (Å²) in [7, 11) is 0. The Kier molecular flexibility index (Phi) is 7.52. The molecule has 0 saturated carbocycles. The van der Waals surface area contributed by atoms with Gasteiger partial charge in [-0.3, -0.25) is 9.59 Å². The number of benzene rings is 1. The predicted molar refractivity (Wildman–Crippen MR) is 107 cm³/mol. The van der Waals surface area contributed by atoms with Gasteiger partial charge < -0.3 is 19.7 Å². The van der Waals surface area contributed by atoms with Crippen molar-refractivity contribution < 1.29 is 45.4 Å². The monoisotopic (exact) mass is 491 g/mol. The second-order valence-electron chi connectivity index (χ2n) is 7.39. The van der Waals surface area contributed by atoms with Gasteiger partial charge in [-0.1, -0.05) is 0 Å². The quantitative estimate of drug-likeness (QED) is 0.477. The number of hydrogen-bond acceptors (Lipinski definition) is 6. The lowest BCUT2D eigenvalue weighted by Gasteiger charge is -2.31. The van der Waals surface area contributed by atoms with Gasteiger partial charge in [-0.25, -0.2) is 4.98 Å². The molecule has 1 aliphatic heterocycles. The molecule has 1 aliphatic rings. The molecule has 1 saturated heterocycles. The molecule has 2 heterocycles. The van der Waals surface area contributed by atoms with Crippen molar-refractivity contribution in [1.82, 2.24) is 4.98 Å². The summed E-state index contributed by atoms with van der Waals surface area (Å²) in [5, 5.41) is 2.38. The number of alkyl halides is 6. The maximum Gasteiger partial charge on any atom is 0.573 e. The van der Waals surface area contributed by atoms with E-state index in [4.69, 9.17) is 4.74 Å². The molecule has 1 fully saturated rings. The molecule has 7 nitrogen and oxygen atoms in total. The molecule has 34 heavy (non-hydrogen) atoms. The summed E-state index contributed by atoms with van der Waals surface area (Å²) in [5.74, 6) is -1.84. The summed E-state index contributed by atoms with van der Waals surface area (Å²) in [6.45, 7) is 0.160. The van der Waals surface area contributed by atoms with Gasteiger partial charge >= 0.3 is 18.5 Å². The van der Waals surface area contributed by atoms with Gasteiger partial charge in [-0.2, -0.15) is 13.2 Å². The van der Waals surface area contributed by atoms with Crippen molar-refractivity contribution in [2.75, 3.05) is 29.9 Å². The zero-order valence-corrected chi connectivity index (χ0v) is 17.4. The van der Waals surface area contributed by atoms with Crippen molar-refractivity contribution in [3.63, 3.8) is 0 Å². The zero-order chi connectivity index (χ0) is 24.9. The minimum atomic E-state index is -4.83. The summed E-state index contributed by atoms with van der Waals surface area (Å²) < 4.78 is 83.2. The normalized spacial score (nSPS) is 15.1. The Morgan fingerprint density at radius 3 is 2.18 bits per heavy atom. The first-order valence-corrected chi connectivity index (χ1v) is 10.0. The highest BCUT2D eigenvalue weighted by atomic mass is 19.4. The molecule has 1 amide bonds. The van der Waals surface area contributed by atoms with E-state index >= 15 is 0 Å². The molecule has 0 aliphatic carbocycles. The van der Waals surface area contributed by atoms with Gasteiger partial charge in [-0.15, -0.1) is 13.2 Å². The Hall–Kier alpha value is -3.51. The third kappa shape index (κ3) is 7.25. The number of piperidine rings is 1. The van der Waals surface area contributed by atoms with E-state index in [1.165, 1.54) is 18.2 Å². The first-order valence-electron chi connectivity index (χ1n) is 10.0. The number of pyridine rings is 1. The molecule has 1 N–H and O–H groups in total. The fraction of sp³-hybridized carbons (Fsp3) is 0.381. The van der Waals surface area contributed by atoms with Crippen LogP contribution in [0.1, 0.15) is 18.4 Å². The van der Waals surface area contributed by atoms with Crippen molar-refractivity contribution >= 4 is 23.4 Å². The predicted octanol–water partition coefficient (Wildman–Crippen LogP) is 4.40. The fourth-order valence-electron chi connectivity index (χ4n) is 3.28. The van der Waals surface area contributed by atoms with Crippen LogP contribution < -0.4 is 15.0 Å². The molecule has 3 rings (SSSR count). The van der Waals surface area contributed by atoms with E-state index in [0.717, 1.165) is 24.4 Å². The molecule has 0 spiro atoms. The Labute approximate surface area is 189 Å². The van der Waals surface area contributed by atoms with Crippen molar-refractivity contribution in [2.45, 2.75) is 25.4 Å². The van der Waals surface area contributed by atoms with E-state index in [-0.39, 0.29) is 5.69 Å². The van der Waals surface area contributed by atoms with Gasteiger partial charge in [0.05, 0.1) is 11.5 Å². The number of ether oxygens (including phenoxy) is 2. The van der Waals surface area contributed by atoms with Crippen molar-refractivity contribution in [3.8, 4) is 5.75 Å². The smallest absolute Gasteiger partial charge is 0.455 e. The van der Waals surface area contributed by atoms with E-state index in [9.17, 15) is 35.9 Å². The van der Waals surface area contributed by atoms with Crippen LogP contribution in [0.5, 0.6) is 5.75 Å². The molecule has 184 valence electrons. The average Bonchev–Trinajstić information content (AvgIpc) is 2.77. The third-order valence-corrected chi connectivity index (χ3v) is 4.94. The minimum absolute atomic E-state index is 0.188. The van der Waals surface area contributed by atoms with Crippen molar-refractivity contribution in [1.29, 1.82) is 0 Å². The lowest BCUT2D eigenvalue weighted by Crippen LogP contribution is -2.38. The van der Waals surface area contributed by atoms with Crippen LogP contribution in [-0.2, 0) is 20.5 Å². The van der Waals surface area contributed by atoms with E-state index in [1.54, 1.807) is 4.90 Å². The first kappa shape index (κ1) is 25.1. The number of hydrogen-bond donors (Lipinski definition) is 1. The fourth-order valence-corrected chi connectivity index (χ4v) is 3.28. The molecule has 1 aromatic heterocycles. The number of carbonyl (C=O) groups excluding carboxylic acids is 2. The van der Waals surface area contributed by atoms with Crippen LogP contribution in [-0.4, -0.2) is 42.9 Å². The van der Waals surface area contributed by atoms with Gasteiger partial charge in [0.15, 0.2) is 6.61 Å². The van der Waals surface area contributed by atoms with Gasteiger partial charge in [0.25, 0.3) is 5.91 Å². The van der Waals surface area contributed by atoms with Crippen LogP contribution in [0.3, 0.4) is 0 Å². The largest absolute Gasteiger partial charge is 0.573 e. The second-order valence-corrected chi connectivity index (χ2v) is 7.39. The highest BCUT2D eigenvalue weighted by molar-refractivity contribution is 5.93. The number of nitrogens with zero attached hydrogens (tertiary/aromatic N) is 2. The third-order valence-electron chi connectivity index (χ3n) is 4.94. The Balaban J connectivity index is 1.41. The Morgan fingerprint density at radius 1 is 1.00 bits per heavy atom. The van der Waals surface area contributed by atoms with Crippen LogP contribution >= 0.6 is 0 Å². The molecule has 0 unspecified atom stereocenters. The van der Waals surface area contributed by atoms with E-state index in [2.05, 4.69) is 15.0 Å². The highest BCUT2D eigenvalue weighted by Gasteiger charge is 2.32. The summed E-state index contributed by atoms with van der Waals surface area (Å²) in [6, 6.07) is 6.66. The second kappa shape index (κ2) is 10.2. The maximum atomic E-state index is 12.6. The maximum absolute atomic E-state index is 12.6. The van der Waals surface area contributed by atoms with E-state index in [1.807, 2.05) is 0 Å². The van der Waals surface area contributed by atoms with Gasteiger partial charge in [0.2, 0.25) is 0 Å². The molecular formula is C21H19F6N3O4. The number of amides is 1. The lowest BCUT2D eigenvalue weighted by molar-refractivity contribution is -0.274. The van der Waals surface area contributed by atoms with Gasteiger partial charge in [0, 0.05) is 25.0 Å². The first-order chi connectivity index (χ1) is 15.9. The standard InChI is InChI=1S/C21H19F6N3O4/c22-20(23,24)14-1-6-17(28-11-14)30-9-7-13(8-10-30)19(32)33-12-18(31)29-15-2-4-16(5-3-15)34-21(25,26)27/h1-6,11,13H,7-10,12H2,(H,29,31). The zero-order valence-electron chi connectivity index (χ0n) is 17.4. The SMILES string of the molecule is O=C(COC(=O)C1CCN(c2ccc(C(F)(F)F)cn2)CC1)Nc1ccc(OC(F)(F)F)cc1. The average molecular weight is 491 g/mol. The Bertz CT molecular complexity index is 986. The number of aromatic nitrogens is 1. The van der Waals surface area contributed by atoms with Crippen LogP contribution in [0, 0.1) is 5.92 Å². The number of nitrogens with one attached hydrogen (secondary N) is 1. The summed E-state index contributed by atoms with van der Waals surface area (Å²) in [4.78, 5) is 29.8. The molecule has 0 atom stereocenters. The van der Waals surface area contributed by atoms with E-state index < -0.39 is 48.3 Å². The number of anilines is 2. The van der Waals surface area contributed by atoms with Crippen molar-refractivity contribution in [3.05, 3.63) is 48.2 Å². The van der Waals surface area contributed by atoms with Crippen LogP contribution in [0.15, 0.2) is 42.6 Å². The van der Waals surface area contributed by atoms with Crippen molar-refractivity contribution in [2.24, 2.45) is 5.92 Å². The van der Waals surface area contributed by atoms with Crippen LogP contribution in [0.4, 0.5) is 37.8 Å². The molecule has 2 aromatic rings. The minimum Gasteiger partial charge on any atom is -0.455 e. The molecular weight excluding hydrogens is 472 g/mol. The molecule has 0 bridgehead atoms. The topological polar surface area (TPSA) is 80.8 Å². The number of carbonyl (C=O) groups is 2. The van der Waals surface area contributed by atoms with Crippen LogP contribution in [0.2, 0.25) is 0 Å². The molecule has 1 aromatic carbocycles. The summed E-state index contributed by atoms with van der Waals surface area (Å²) in [6.07, 6.45) is -7.82. The number of esters is 1. The summed E-state index contributed by atoms with van der Waals surface area (Å²) in [5.41, 5.74) is -0.661. The van der Waals surface area contributed by atoms with Gasteiger partial charge in [-0.05, 0) is 49.2 Å². The molecule has 0 radical (unpaired) electrons. The molecule has 13 heteroatoms. The van der Waals surface area contributed by atoms with E-state index in [0.29, 0.717) is 31.7 Å². The van der Waals surface area contributed by atoms with Crippen LogP contribution in [0.25, 0.3) is 0 Å². The lowest BCUT2D eigenvalue weighted by atomic mass is 9.97. The Morgan fingerprint density at radius 2 is 1.65 bits per heavy atom. The van der Waals surface area contributed by atoms with Gasteiger partial charge in [0.1, 0.15) is 11.6 Å². The number of rotatable bonds is 6. The highest BCUT2D eigenvalue weighted by Crippen LogP contribution is 2.30. The number of halogens is 6.